The topological polar surface area (TPSA) is 39.1 Å². The first-order valence-corrected chi connectivity index (χ1v) is 6.74. The molecule has 5 heteroatoms. The highest BCUT2D eigenvalue weighted by atomic mass is 35.5. The summed E-state index contributed by atoms with van der Waals surface area (Å²) in [5, 5.41) is 8.02. The van der Waals surface area contributed by atoms with Crippen LogP contribution in [0.5, 0.6) is 11.5 Å². The molecule has 0 saturated carbocycles. The molecule has 0 bridgehead atoms. The maximum Gasteiger partial charge on any atom is 0.165 e. The summed E-state index contributed by atoms with van der Waals surface area (Å²) >= 11 is 6.02. The Morgan fingerprint density at radius 1 is 1.42 bits per heavy atom. The van der Waals surface area contributed by atoms with E-state index in [-0.39, 0.29) is 0 Å². The van der Waals surface area contributed by atoms with Crippen LogP contribution in [0.1, 0.15) is 18.9 Å². The van der Waals surface area contributed by atoms with Gasteiger partial charge in [-0.1, -0.05) is 24.6 Å². The maximum atomic E-state index is 6.02. The number of nitrogens with one attached hydrogen (secondary N) is 1. The van der Waals surface area contributed by atoms with Gasteiger partial charge in [0.25, 0.3) is 0 Å². The van der Waals surface area contributed by atoms with Crippen LogP contribution < -0.4 is 10.1 Å². The Hall–Kier alpha value is -1.52. The van der Waals surface area contributed by atoms with Crippen molar-refractivity contribution in [1.82, 2.24) is 15.1 Å². The summed E-state index contributed by atoms with van der Waals surface area (Å²) in [6, 6.07) is 5.65. The molecule has 0 fully saturated rings. The van der Waals surface area contributed by atoms with Gasteiger partial charge in [0.05, 0.1) is 12.4 Å². The molecule has 0 radical (unpaired) electrons. The van der Waals surface area contributed by atoms with Crippen LogP contribution in [0.15, 0.2) is 30.6 Å². The molecule has 0 aliphatic carbocycles. The van der Waals surface area contributed by atoms with Crippen molar-refractivity contribution < 1.29 is 4.74 Å². The Labute approximate surface area is 118 Å². The number of hydrogen-bond acceptors (Lipinski definition) is 3. The van der Waals surface area contributed by atoms with Gasteiger partial charge >= 0.3 is 0 Å². The van der Waals surface area contributed by atoms with Crippen LogP contribution in [0.2, 0.25) is 5.02 Å². The third-order valence-electron chi connectivity index (χ3n) is 2.69. The monoisotopic (exact) mass is 279 g/mol. The van der Waals surface area contributed by atoms with Gasteiger partial charge in [-0.2, -0.15) is 5.10 Å². The molecule has 0 saturated heterocycles. The summed E-state index contributed by atoms with van der Waals surface area (Å²) in [5.74, 6) is 1.49. The third kappa shape index (κ3) is 3.72. The van der Waals surface area contributed by atoms with Gasteiger partial charge in [0.1, 0.15) is 5.75 Å². The van der Waals surface area contributed by atoms with Gasteiger partial charge in [0, 0.05) is 23.7 Å². The molecular weight excluding hydrogens is 262 g/mol. The van der Waals surface area contributed by atoms with E-state index in [1.165, 1.54) is 0 Å². The maximum absolute atomic E-state index is 6.02. The minimum absolute atomic E-state index is 0.663. The van der Waals surface area contributed by atoms with E-state index >= 15 is 0 Å². The minimum atomic E-state index is 0.663. The molecule has 0 aliphatic heterocycles. The lowest BCUT2D eigenvalue weighted by Crippen LogP contribution is -2.06. The standard InChI is InChI=1S/C14H18ClN3O/c1-3-6-18-10-13(9-17-18)19-14-7-12(15)5-4-11(14)8-16-2/h4-5,7,9-10,16H,3,6,8H2,1-2H3. The van der Waals surface area contributed by atoms with Crippen LogP contribution >= 0.6 is 11.6 Å². The predicted molar refractivity (Wildman–Crippen MR) is 76.8 cm³/mol. The van der Waals surface area contributed by atoms with E-state index in [1.54, 1.807) is 6.20 Å². The zero-order chi connectivity index (χ0) is 13.7. The van der Waals surface area contributed by atoms with Crippen LogP contribution in [0.4, 0.5) is 0 Å². The van der Waals surface area contributed by atoms with Crippen molar-refractivity contribution in [2.24, 2.45) is 0 Å². The number of benzene rings is 1. The molecule has 0 amide bonds. The largest absolute Gasteiger partial charge is 0.454 e. The number of aromatic nitrogens is 2. The van der Waals surface area contributed by atoms with Crippen molar-refractivity contribution in [3.63, 3.8) is 0 Å². The highest BCUT2D eigenvalue weighted by Gasteiger charge is 2.07. The number of aryl methyl sites for hydroxylation is 1. The Bertz CT molecular complexity index is 539. The van der Waals surface area contributed by atoms with E-state index in [1.807, 2.05) is 36.1 Å². The Morgan fingerprint density at radius 3 is 3.00 bits per heavy atom. The Balaban J connectivity index is 2.18. The summed E-state index contributed by atoms with van der Waals surface area (Å²) in [4.78, 5) is 0. The molecule has 0 spiro atoms. The first-order chi connectivity index (χ1) is 9.22. The second-order valence-corrected chi connectivity index (χ2v) is 4.76. The lowest BCUT2D eigenvalue weighted by Gasteiger charge is -2.09. The first kappa shape index (κ1) is 13.9. The van der Waals surface area contributed by atoms with Gasteiger partial charge in [-0.15, -0.1) is 0 Å². The zero-order valence-electron chi connectivity index (χ0n) is 11.2. The average Bonchev–Trinajstić information content (AvgIpc) is 2.81. The minimum Gasteiger partial charge on any atom is -0.454 e. The smallest absolute Gasteiger partial charge is 0.165 e. The van der Waals surface area contributed by atoms with E-state index in [2.05, 4.69) is 17.3 Å². The van der Waals surface area contributed by atoms with Crippen LogP contribution in [0, 0.1) is 0 Å². The summed E-state index contributed by atoms with van der Waals surface area (Å²) in [6.07, 6.45) is 4.66. The fourth-order valence-electron chi connectivity index (χ4n) is 1.84. The van der Waals surface area contributed by atoms with E-state index in [4.69, 9.17) is 16.3 Å². The quantitative estimate of drug-likeness (QED) is 0.880. The lowest BCUT2D eigenvalue weighted by atomic mass is 10.2. The molecule has 4 nitrogen and oxygen atoms in total. The highest BCUT2D eigenvalue weighted by Crippen LogP contribution is 2.28. The Morgan fingerprint density at radius 2 is 2.26 bits per heavy atom. The van der Waals surface area contributed by atoms with Gasteiger partial charge < -0.3 is 10.1 Å². The number of halogens is 1. The summed E-state index contributed by atoms with van der Waals surface area (Å²) in [6.45, 7) is 3.74. The van der Waals surface area contributed by atoms with E-state index in [9.17, 15) is 0 Å². The molecule has 19 heavy (non-hydrogen) atoms. The lowest BCUT2D eigenvalue weighted by molar-refractivity contribution is 0.472. The van der Waals surface area contributed by atoms with Crippen LogP contribution in [0.3, 0.4) is 0 Å². The Kier molecular flexibility index (Phi) is 4.82. The molecule has 2 rings (SSSR count). The van der Waals surface area contributed by atoms with E-state index in [0.29, 0.717) is 5.02 Å². The second-order valence-electron chi connectivity index (χ2n) is 4.32. The van der Waals surface area contributed by atoms with Crippen LogP contribution in [-0.4, -0.2) is 16.8 Å². The normalized spacial score (nSPS) is 10.7. The van der Waals surface area contributed by atoms with Crippen LogP contribution in [0.25, 0.3) is 0 Å². The van der Waals surface area contributed by atoms with E-state index in [0.717, 1.165) is 36.6 Å². The van der Waals surface area contributed by atoms with Crippen molar-refractivity contribution in [1.29, 1.82) is 0 Å². The predicted octanol–water partition coefficient (Wildman–Crippen LogP) is 3.46. The molecule has 0 atom stereocenters. The summed E-state index contributed by atoms with van der Waals surface area (Å²) < 4.78 is 7.73. The zero-order valence-corrected chi connectivity index (χ0v) is 11.9. The van der Waals surface area contributed by atoms with Crippen molar-refractivity contribution in [3.05, 3.63) is 41.2 Å². The van der Waals surface area contributed by atoms with Crippen molar-refractivity contribution in [2.45, 2.75) is 26.4 Å². The van der Waals surface area contributed by atoms with Crippen LogP contribution in [-0.2, 0) is 13.1 Å². The van der Waals surface area contributed by atoms with Gasteiger partial charge in [0.2, 0.25) is 0 Å². The SMILES string of the molecule is CCCn1cc(Oc2cc(Cl)ccc2CNC)cn1. The van der Waals surface area contributed by atoms with Gasteiger partial charge in [-0.3, -0.25) is 4.68 Å². The molecule has 1 aromatic carbocycles. The second kappa shape index (κ2) is 6.59. The molecule has 2 aromatic rings. The molecule has 102 valence electrons. The molecule has 0 aliphatic rings. The van der Waals surface area contributed by atoms with E-state index < -0.39 is 0 Å². The number of rotatable bonds is 6. The molecule has 0 unspecified atom stereocenters. The third-order valence-corrected chi connectivity index (χ3v) is 2.92. The van der Waals surface area contributed by atoms with Gasteiger partial charge in [-0.05, 0) is 25.6 Å². The fraction of sp³-hybridized carbons (Fsp3) is 0.357. The average molecular weight is 280 g/mol. The molecule has 1 heterocycles. The van der Waals surface area contributed by atoms with Crippen molar-refractivity contribution >= 4 is 11.6 Å². The summed E-state index contributed by atoms with van der Waals surface area (Å²) in [5.41, 5.74) is 1.06. The fourth-order valence-corrected chi connectivity index (χ4v) is 2.00. The van der Waals surface area contributed by atoms with Crippen molar-refractivity contribution in [2.75, 3.05) is 7.05 Å². The molecular formula is C14H18ClN3O. The number of ether oxygens (including phenoxy) is 1. The first-order valence-electron chi connectivity index (χ1n) is 6.36. The summed E-state index contributed by atoms with van der Waals surface area (Å²) in [7, 11) is 1.90. The highest BCUT2D eigenvalue weighted by molar-refractivity contribution is 6.30. The van der Waals surface area contributed by atoms with Crippen molar-refractivity contribution in [3.8, 4) is 11.5 Å². The van der Waals surface area contributed by atoms with Gasteiger partial charge in [-0.25, -0.2) is 0 Å². The number of hydrogen-bond donors (Lipinski definition) is 1. The number of nitrogens with zero attached hydrogens (tertiary/aromatic N) is 2. The molecule has 1 N–H and O–H groups in total. The van der Waals surface area contributed by atoms with Gasteiger partial charge in [0.15, 0.2) is 5.75 Å². The molecule has 1 aromatic heterocycles.